The molecule has 2 aromatic carbocycles. The molecule has 0 N–H and O–H groups in total. The van der Waals surface area contributed by atoms with E-state index in [2.05, 4.69) is 10.1 Å². The lowest BCUT2D eigenvalue weighted by Crippen LogP contribution is -2.38. The van der Waals surface area contributed by atoms with Crippen LogP contribution in [0.1, 0.15) is 30.2 Å². The Morgan fingerprint density at radius 1 is 1.09 bits per heavy atom. The van der Waals surface area contributed by atoms with Gasteiger partial charge in [-0.2, -0.15) is 22.5 Å². The van der Waals surface area contributed by atoms with Gasteiger partial charge in [0.25, 0.3) is 0 Å². The summed E-state index contributed by atoms with van der Waals surface area (Å²) in [5.41, 5.74) is -0.240. The van der Waals surface area contributed by atoms with Crippen LogP contribution in [0.25, 0.3) is 11.4 Å². The molecule has 3 aromatic rings. The summed E-state index contributed by atoms with van der Waals surface area (Å²) in [5, 5.41) is 4.00. The number of hydrogen-bond acceptors (Lipinski definition) is 6. The minimum absolute atomic E-state index is 0.137. The van der Waals surface area contributed by atoms with E-state index in [-0.39, 0.29) is 23.9 Å². The van der Waals surface area contributed by atoms with E-state index < -0.39 is 21.8 Å². The van der Waals surface area contributed by atoms with Crippen molar-refractivity contribution < 1.29 is 30.8 Å². The summed E-state index contributed by atoms with van der Waals surface area (Å²) < 4.78 is 76.3. The van der Waals surface area contributed by atoms with Gasteiger partial charge in [-0.25, -0.2) is 8.42 Å². The van der Waals surface area contributed by atoms with E-state index in [0.717, 1.165) is 17.7 Å². The monoisotopic (exact) mass is 467 g/mol. The first-order valence-corrected chi connectivity index (χ1v) is 11.3. The highest BCUT2D eigenvalue weighted by Crippen LogP contribution is 2.34. The number of rotatable bonds is 5. The van der Waals surface area contributed by atoms with E-state index in [9.17, 15) is 21.6 Å². The van der Waals surface area contributed by atoms with Crippen LogP contribution in [0, 0.1) is 0 Å². The minimum Gasteiger partial charge on any atom is -0.497 e. The standard InChI is InChI=1S/C21H20F3N3O4S/c1-30-17-7-5-14(6-8-17)19-25-20(31-26-19)15-9-11-27(12-10-15)32(28,29)18-4-2-3-16(13-18)21(22,23)24/h2-8,13,15H,9-12H2,1H3. The first-order chi connectivity index (χ1) is 15.2. The summed E-state index contributed by atoms with van der Waals surface area (Å²) in [6, 6.07) is 11.0. The molecule has 0 aliphatic carbocycles. The summed E-state index contributed by atoms with van der Waals surface area (Å²) in [4.78, 5) is 4.06. The Morgan fingerprint density at radius 2 is 1.78 bits per heavy atom. The molecular weight excluding hydrogens is 447 g/mol. The fourth-order valence-corrected chi connectivity index (χ4v) is 5.10. The minimum atomic E-state index is -4.61. The van der Waals surface area contributed by atoms with Crippen molar-refractivity contribution in [3.05, 3.63) is 60.0 Å². The highest BCUT2D eigenvalue weighted by atomic mass is 32.2. The van der Waals surface area contributed by atoms with Crippen LogP contribution in [0.2, 0.25) is 0 Å². The van der Waals surface area contributed by atoms with Gasteiger partial charge in [0.15, 0.2) is 0 Å². The lowest BCUT2D eigenvalue weighted by atomic mass is 9.98. The third-order valence-electron chi connectivity index (χ3n) is 5.39. The maximum absolute atomic E-state index is 13.0. The van der Waals surface area contributed by atoms with Crippen molar-refractivity contribution in [1.82, 2.24) is 14.4 Å². The van der Waals surface area contributed by atoms with Gasteiger partial charge in [0, 0.05) is 24.6 Å². The van der Waals surface area contributed by atoms with E-state index in [1.807, 2.05) is 0 Å². The third-order valence-corrected chi connectivity index (χ3v) is 7.29. The van der Waals surface area contributed by atoms with Crippen molar-refractivity contribution in [3.63, 3.8) is 0 Å². The molecule has 0 spiro atoms. The van der Waals surface area contributed by atoms with Gasteiger partial charge >= 0.3 is 6.18 Å². The van der Waals surface area contributed by atoms with Crippen molar-refractivity contribution >= 4 is 10.0 Å². The Labute approximate surface area is 182 Å². The molecule has 0 amide bonds. The van der Waals surface area contributed by atoms with E-state index in [0.29, 0.717) is 36.4 Å². The third kappa shape index (κ3) is 4.49. The van der Waals surface area contributed by atoms with Crippen molar-refractivity contribution in [3.8, 4) is 17.1 Å². The zero-order chi connectivity index (χ0) is 22.9. The average molecular weight is 467 g/mol. The fraction of sp³-hybridized carbons (Fsp3) is 0.333. The Kier molecular flexibility index (Phi) is 5.95. The number of piperidine rings is 1. The number of alkyl halides is 3. The molecule has 1 saturated heterocycles. The highest BCUT2D eigenvalue weighted by molar-refractivity contribution is 7.89. The Morgan fingerprint density at radius 3 is 2.41 bits per heavy atom. The Hall–Kier alpha value is -2.92. The van der Waals surface area contributed by atoms with Crippen LogP contribution < -0.4 is 4.74 Å². The molecule has 1 aliphatic heterocycles. The van der Waals surface area contributed by atoms with Gasteiger partial charge in [-0.3, -0.25) is 0 Å². The van der Waals surface area contributed by atoms with Gasteiger partial charge in [0.05, 0.1) is 17.6 Å². The number of aromatic nitrogens is 2. The molecule has 0 unspecified atom stereocenters. The van der Waals surface area contributed by atoms with Gasteiger partial charge < -0.3 is 9.26 Å². The maximum atomic E-state index is 13.0. The Bertz CT molecular complexity index is 1190. The van der Waals surface area contributed by atoms with E-state index in [4.69, 9.17) is 9.26 Å². The second-order valence-corrected chi connectivity index (χ2v) is 9.33. The van der Waals surface area contributed by atoms with Crippen LogP contribution in [-0.2, 0) is 16.2 Å². The SMILES string of the molecule is COc1ccc(-c2noc(C3CCN(S(=O)(=O)c4cccc(C(F)(F)F)c4)CC3)n2)cc1. The number of ether oxygens (including phenoxy) is 1. The molecule has 1 aliphatic rings. The van der Waals surface area contributed by atoms with Crippen molar-refractivity contribution in [2.24, 2.45) is 0 Å². The molecule has 4 rings (SSSR count). The van der Waals surface area contributed by atoms with Gasteiger partial charge in [0.1, 0.15) is 5.75 Å². The molecule has 0 radical (unpaired) electrons. The predicted octanol–water partition coefficient (Wildman–Crippen LogP) is 4.33. The number of sulfonamides is 1. The summed E-state index contributed by atoms with van der Waals surface area (Å²) in [5.74, 6) is 1.39. The smallest absolute Gasteiger partial charge is 0.416 e. The van der Waals surface area contributed by atoms with Crippen molar-refractivity contribution in [2.45, 2.75) is 29.8 Å². The Balaban J connectivity index is 1.45. The summed E-state index contributed by atoms with van der Waals surface area (Å²) in [6.07, 6.45) is -3.77. The van der Waals surface area contributed by atoms with Crippen LogP contribution in [0.3, 0.4) is 0 Å². The molecule has 7 nitrogen and oxygen atoms in total. The summed E-state index contributed by atoms with van der Waals surface area (Å²) in [7, 11) is -2.47. The van der Waals surface area contributed by atoms with Crippen molar-refractivity contribution in [2.75, 3.05) is 20.2 Å². The molecule has 32 heavy (non-hydrogen) atoms. The number of methoxy groups -OCH3 is 1. The van der Waals surface area contributed by atoms with Crippen LogP contribution in [0.4, 0.5) is 13.2 Å². The molecule has 0 saturated carbocycles. The second kappa shape index (κ2) is 8.55. The summed E-state index contributed by atoms with van der Waals surface area (Å²) >= 11 is 0. The molecule has 11 heteroatoms. The lowest BCUT2D eigenvalue weighted by molar-refractivity contribution is -0.137. The molecule has 1 aromatic heterocycles. The molecule has 0 atom stereocenters. The second-order valence-electron chi connectivity index (χ2n) is 7.39. The van der Waals surface area contributed by atoms with Crippen molar-refractivity contribution in [1.29, 1.82) is 0 Å². The zero-order valence-corrected chi connectivity index (χ0v) is 17.9. The molecular formula is C21H20F3N3O4S. The van der Waals surface area contributed by atoms with Gasteiger partial charge in [-0.1, -0.05) is 11.2 Å². The lowest BCUT2D eigenvalue weighted by Gasteiger charge is -2.29. The van der Waals surface area contributed by atoms with Crippen LogP contribution in [0.15, 0.2) is 57.9 Å². The first kappa shape index (κ1) is 22.3. The number of halogens is 3. The number of hydrogen-bond donors (Lipinski definition) is 0. The average Bonchev–Trinajstić information content (AvgIpc) is 3.29. The number of benzene rings is 2. The van der Waals surface area contributed by atoms with E-state index in [1.54, 1.807) is 31.4 Å². The van der Waals surface area contributed by atoms with Gasteiger partial charge in [-0.05, 0) is 55.3 Å². The zero-order valence-electron chi connectivity index (χ0n) is 17.0. The van der Waals surface area contributed by atoms with Gasteiger partial charge in [-0.15, -0.1) is 0 Å². The molecule has 1 fully saturated rings. The summed E-state index contributed by atoms with van der Waals surface area (Å²) in [6.45, 7) is 0.285. The fourth-order valence-electron chi connectivity index (χ4n) is 3.58. The predicted molar refractivity (Wildman–Crippen MR) is 108 cm³/mol. The van der Waals surface area contributed by atoms with E-state index in [1.165, 1.54) is 10.4 Å². The van der Waals surface area contributed by atoms with Crippen LogP contribution >= 0.6 is 0 Å². The van der Waals surface area contributed by atoms with Crippen LogP contribution in [-0.4, -0.2) is 43.1 Å². The topological polar surface area (TPSA) is 85.5 Å². The normalized spacial score (nSPS) is 16.2. The molecule has 2 heterocycles. The molecule has 0 bridgehead atoms. The van der Waals surface area contributed by atoms with Gasteiger partial charge in [0.2, 0.25) is 21.7 Å². The molecule has 170 valence electrons. The number of nitrogens with zero attached hydrogens (tertiary/aromatic N) is 3. The quantitative estimate of drug-likeness (QED) is 0.555. The van der Waals surface area contributed by atoms with Crippen LogP contribution in [0.5, 0.6) is 5.75 Å². The first-order valence-electron chi connectivity index (χ1n) is 9.84. The largest absolute Gasteiger partial charge is 0.497 e. The highest BCUT2D eigenvalue weighted by Gasteiger charge is 2.35. The van der Waals surface area contributed by atoms with E-state index >= 15 is 0 Å². The maximum Gasteiger partial charge on any atom is 0.416 e.